The number of amidine groups is 1. The SMILES string of the molecule is COc1ccccc1OCCSC1=NC(=O)C2C=CC=CC2=N1. The lowest BCUT2D eigenvalue weighted by Crippen LogP contribution is -2.26. The topological polar surface area (TPSA) is 60.2 Å². The molecule has 0 spiro atoms. The first kappa shape index (κ1) is 15.6. The average Bonchev–Trinajstić information content (AvgIpc) is 2.59. The van der Waals surface area contributed by atoms with E-state index in [1.807, 2.05) is 48.6 Å². The van der Waals surface area contributed by atoms with Crippen LogP contribution in [0.5, 0.6) is 11.5 Å². The summed E-state index contributed by atoms with van der Waals surface area (Å²) in [4.78, 5) is 20.4. The van der Waals surface area contributed by atoms with Crippen molar-refractivity contribution in [2.45, 2.75) is 0 Å². The molecule has 6 heteroatoms. The van der Waals surface area contributed by atoms with E-state index in [9.17, 15) is 4.79 Å². The van der Waals surface area contributed by atoms with E-state index in [0.717, 1.165) is 5.71 Å². The lowest BCUT2D eigenvalue weighted by molar-refractivity contribution is -0.118. The quantitative estimate of drug-likeness (QED) is 0.780. The van der Waals surface area contributed by atoms with Gasteiger partial charge in [0.05, 0.1) is 19.4 Å². The van der Waals surface area contributed by atoms with Gasteiger partial charge in [-0.1, -0.05) is 42.1 Å². The standard InChI is InChI=1S/C17H16N2O3S/c1-21-14-8-4-5-9-15(14)22-10-11-23-17-18-13-7-3-2-6-12(13)16(20)19-17/h2-9,12H,10-11H2,1H3. The number of aliphatic imine (C=N–C) groups is 2. The first-order valence-corrected chi connectivity index (χ1v) is 8.21. The molecule has 1 amide bonds. The molecule has 0 fully saturated rings. The molecule has 0 N–H and O–H groups in total. The first-order valence-electron chi connectivity index (χ1n) is 7.22. The number of hydrogen-bond acceptors (Lipinski definition) is 5. The number of para-hydroxylation sites is 2. The van der Waals surface area contributed by atoms with E-state index in [1.54, 1.807) is 7.11 Å². The summed E-state index contributed by atoms with van der Waals surface area (Å²) in [5.41, 5.74) is 0.751. The van der Waals surface area contributed by atoms with Gasteiger partial charge in [0, 0.05) is 5.75 Å². The predicted molar refractivity (Wildman–Crippen MR) is 92.6 cm³/mol. The normalized spacial score (nSPS) is 19.0. The molecule has 1 unspecified atom stereocenters. The molecule has 0 aromatic heterocycles. The van der Waals surface area contributed by atoms with Crippen LogP contribution in [0.1, 0.15) is 0 Å². The smallest absolute Gasteiger partial charge is 0.261 e. The molecule has 2 aliphatic rings. The van der Waals surface area contributed by atoms with E-state index in [4.69, 9.17) is 9.47 Å². The van der Waals surface area contributed by atoms with Crippen LogP contribution in [0.25, 0.3) is 0 Å². The second-order valence-electron chi connectivity index (χ2n) is 4.84. The van der Waals surface area contributed by atoms with Gasteiger partial charge in [-0.05, 0) is 18.2 Å². The molecule has 1 aromatic carbocycles. The minimum Gasteiger partial charge on any atom is -0.493 e. The number of benzene rings is 1. The van der Waals surface area contributed by atoms with Crippen molar-refractivity contribution in [3.8, 4) is 11.5 Å². The van der Waals surface area contributed by atoms with E-state index in [-0.39, 0.29) is 11.8 Å². The summed E-state index contributed by atoms with van der Waals surface area (Å²) in [7, 11) is 1.61. The van der Waals surface area contributed by atoms with Gasteiger partial charge in [0.2, 0.25) is 0 Å². The van der Waals surface area contributed by atoms with Crippen molar-refractivity contribution in [2.24, 2.45) is 15.9 Å². The van der Waals surface area contributed by atoms with E-state index in [2.05, 4.69) is 9.98 Å². The fourth-order valence-corrected chi connectivity index (χ4v) is 2.91. The minimum atomic E-state index is -0.325. The number of thioether (sulfide) groups is 1. The largest absolute Gasteiger partial charge is 0.493 e. The molecule has 0 radical (unpaired) electrons. The third-order valence-corrected chi connectivity index (χ3v) is 4.15. The van der Waals surface area contributed by atoms with Crippen molar-refractivity contribution >= 4 is 28.5 Å². The molecule has 1 aromatic rings. The number of fused-ring (bicyclic) bond motifs is 1. The zero-order valence-electron chi connectivity index (χ0n) is 12.6. The lowest BCUT2D eigenvalue weighted by Gasteiger charge is -2.17. The average molecular weight is 328 g/mol. The van der Waals surface area contributed by atoms with Crippen LogP contribution in [0.2, 0.25) is 0 Å². The summed E-state index contributed by atoms with van der Waals surface area (Å²) in [6.45, 7) is 0.474. The van der Waals surface area contributed by atoms with Crippen LogP contribution in [-0.2, 0) is 4.79 Å². The van der Waals surface area contributed by atoms with Gasteiger partial charge in [0.15, 0.2) is 16.7 Å². The van der Waals surface area contributed by atoms with Crippen LogP contribution >= 0.6 is 11.8 Å². The first-order chi connectivity index (χ1) is 11.3. The van der Waals surface area contributed by atoms with E-state index >= 15 is 0 Å². The summed E-state index contributed by atoms with van der Waals surface area (Å²) in [5, 5.41) is 0.491. The maximum Gasteiger partial charge on any atom is 0.261 e. The second kappa shape index (κ2) is 7.28. The fourth-order valence-electron chi connectivity index (χ4n) is 2.23. The van der Waals surface area contributed by atoms with Crippen molar-refractivity contribution in [1.29, 1.82) is 0 Å². The summed E-state index contributed by atoms with van der Waals surface area (Å²) < 4.78 is 10.9. The van der Waals surface area contributed by atoms with Crippen LogP contribution in [0.15, 0.2) is 58.6 Å². The van der Waals surface area contributed by atoms with Crippen molar-refractivity contribution in [3.63, 3.8) is 0 Å². The van der Waals surface area contributed by atoms with E-state index in [0.29, 0.717) is 29.0 Å². The molecule has 118 valence electrons. The highest BCUT2D eigenvalue weighted by atomic mass is 32.2. The zero-order chi connectivity index (χ0) is 16.1. The Morgan fingerprint density at radius 3 is 2.83 bits per heavy atom. The van der Waals surface area contributed by atoms with Gasteiger partial charge in [-0.2, -0.15) is 4.99 Å². The Bertz CT molecular complexity index is 722. The highest BCUT2D eigenvalue weighted by Gasteiger charge is 2.26. The maximum atomic E-state index is 12.0. The second-order valence-corrected chi connectivity index (χ2v) is 5.90. The van der Waals surface area contributed by atoms with Gasteiger partial charge >= 0.3 is 0 Å². The summed E-state index contributed by atoms with van der Waals surface area (Å²) in [6, 6.07) is 7.49. The van der Waals surface area contributed by atoms with Crippen LogP contribution in [-0.4, -0.2) is 36.3 Å². The maximum absolute atomic E-state index is 12.0. The molecule has 23 heavy (non-hydrogen) atoms. The zero-order valence-corrected chi connectivity index (χ0v) is 13.5. The molecule has 0 bridgehead atoms. The van der Waals surface area contributed by atoms with Crippen molar-refractivity contribution in [2.75, 3.05) is 19.5 Å². The minimum absolute atomic E-state index is 0.163. The Balaban J connectivity index is 1.53. The number of allylic oxidation sites excluding steroid dienone is 3. The van der Waals surface area contributed by atoms with Gasteiger partial charge in [-0.15, -0.1) is 0 Å². The molecule has 1 heterocycles. The Labute approximate surface area is 138 Å². The molecule has 0 saturated heterocycles. The summed E-state index contributed by atoms with van der Waals surface area (Å²) >= 11 is 1.41. The monoisotopic (exact) mass is 328 g/mol. The number of hydrogen-bond donors (Lipinski definition) is 0. The Hall–Kier alpha value is -2.34. The Kier molecular flexibility index (Phi) is 4.92. The molecule has 1 atom stereocenters. The van der Waals surface area contributed by atoms with Crippen LogP contribution < -0.4 is 9.47 Å². The summed E-state index contributed by atoms with van der Waals surface area (Å²) in [6.07, 6.45) is 7.39. The van der Waals surface area contributed by atoms with Crippen molar-refractivity contribution < 1.29 is 14.3 Å². The van der Waals surface area contributed by atoms with Gasteiger partial charge in [0.1, 0.15) is 5.92 Å². The summed E-state index contributed by atoms with van der Waals surface area (Å²) in [5.74, 6) is 1.55. The number of carbonyl (C=O) groups is 1. The highest BCUT2D eigenvalue weighted by Crippen LogP contribution is 2.26. The van der Waals surface area contributed by atoms with Crippen LogP contribution in [0.3, 0.4) is 0 Å². The van der Waals surface area contributed by atoms with Gasteiger partial charge in [-0.25, -0.2) is 4.99 Å². The van der Waals surface area contributed by atoms with Gasteiger partial charge in [-0.3, -0.25) is 4.79 Å². The number of carbonyl (C=O) groups excluding carboxylic acids is 1. The van der Waals surface area contributed by atoms with E-state index < -0.39 is 0 Å². The van der Waals surface area contributed by atoms with Gasteiger partial charge in [0.25, 0.3) is 5.91 Å². The van der Waals surface area contributed by atoms with Gasteiger partial charge < -0.3 is 9.47 Å². The lowest BCUT2D eigenvalue weighted by atomic mass is 9.97. The molecule has 1 aliphatic heterocycles. The van der Waals surface area contributed by atoms with Crippen molar-refractivity contribution in [1.82, 2.24) is 0 Å². The molecular formula is C17H16N2O3S. The third-order valence-electron chi connectivity index (χ3n) is 3.34. The molecular weight excluding hydrogens is 312 g/mol. The highest BCUT2D eigenvalue weighted by molar-refractivity contribution is 8.13. The number of nitrogens with zero attached hydrogens (tertiary/aromatic N) is 2. The fraction of sp³-hybridized carbons (Fsp3) is 0.235. The molecule has 5 nitrogen and oxygen atoms in total. The number of amides is 1. The van der Waals surface area contributed by atoms with Crippen LogP contribution in [0.4, 0.5) is 0 Å². The number of rotatable bonds is 5. The molecule has 3 rings (SSSR count). The van der Waals surface area contributed by atoms with Crippen molar-refractivity contribution in [3.05, 3.63) is 48.6 Å². The Morgan fingerprint density at radius 2 is 2.00 bits per heavy atom. The number of ether oxygens (including phenoxy) is 2. The van der Waals surface area contributed by atoms with Crippen LogP contribution in [0, 0.1) is 5.92 Å². The number of methoxy groups -OCH3 is 1. The predicted octanol–water partition coefficient (Wildman–Crippen LogP) is 2.89. The molecule has 1 aliphatic carbocycles. The third kappa shape index (κ3) is 3.71. The molecule has 0 saturated carbocycles. The van der Waals surface area contributed by atoms with E-state index in [1.165, 1.54) is 11.8 Å². The Morgan fingerprint density at radius 1 is 1.17 bits per heavy atom.